The summed E-state index contributed by atoms with van der Waals surface area (Å²) < 4.78 is 1.11. The number of hydrogen-bond acceptors (Lipinski definition) is 3. The number of hydrogen-bond donors (Lipinski definition) is 1. The molecule has 0 bridgehead atoms. The molecule has 4 heteroatoms. The van der Waals surface area contributed by atoms with Crippen LogP contribution in [0.1, 0.15) is 5.69 Å². The maximum atomic E-state index is 5.63. The van der Waals surface area contributed by atoms with E-state index in [0.717, 1.165) is 15.9 Å². The molecule has 0 spiro atoms. The maximum Gasteiger partial charge on any atom is 0.123 e. The Bertz CT molecular complexity index is 488. The zero-order chi connectivity index (χ0) is 11.4. The second-order valence-electron chi connectivity index (χ2n) is 3.27. The Hall–Kier alpha value is -1.000. The van der Waals surface area contributed by atoms with Crippen LogP contribution in [-0.2, 0) is 5.75 Å². The summed E-state index contributed by atoms with van der Waals surface area (Å²) in [5.41, 5.74) is 6.63. The third-order valence-electron chi connectivity index (χ3n) is 2.04. The van der Waals surface area contributed by atoms with Gasteiger partial charge in [-0.05, 0) is 40.2 Å². The number of nitrogens with zero attached hydrogens (tertiary/aromatic N) is 1. The molecule has 0 aliphatic heterocycles. The van der Waals surface area contributed by atoms with Crippen LogP contribution in [0.25, 0.3) is 0 Å². The fraction of sp³-hybridized carbons (Fsp3) is 0.0833. The highest BCUT2D eigenvalue weighted by Gasteiger charge is 2.01. The second-order valence-corrected chi connectivity index (χ2v) is 5.14. The van der Waals surface area contributed by atoms with Gasteiger partial charge in [0.2, 0.25) is 0 Å². The SMILES string of the molecule is Nc1cccc(CSc2ccccc2Br)n1. The number of aromatic nitrogens is 1. The number of benzene rings is 1. The first-order valence-corrected chi connectivity index (χ1v) is 6.62. The van der Waals surface area contributed by atoms with Gasteiger partial charge < -0.3 is 5.73 Å². The number of pyridine rings is 1. The lowest BCUT2D eigenvalue weighted by molar-refractivity contribution is 1.18. The molecule has 2 rings (SSSR count). The molecule has 1 aromatic carbocycles. The number of thioether (sulfide) groups is 1. The zero-order valence-electron chi connectivity index (χ0n) is 8.56. The van der Waals surface area contributed by atoms with Crippen molar-refractivity contribution in [3.05, 3.63) is 52.6 Å². The average Bonchev–Trinajstić information content (AvgIpc) is 2.28. The summed E-state index contributed by atoms with van der Waals surface area (Å²) in [4.78, 5) is 5.47. The highest BCUT2D eigenvalue weighted by Crippen LogP contribution is 2.29. The first-order valence-electron chi connectivity index (χ1n) is 4.84. The summed E-state index contributed by atoms with van der Waals surface area (Å²) in [5.74, 6) is 1.40. The Labute approximate surface area is 107 Å². The van der Waals surface area contributed by atoms with E-state index < -0.39 is 0 Å². The quantitative estimate of drug-likeness (QED) is 0.877. The van der Waals surface area contributed by atoms with Gasteiger partial charge in [0, 0.05) is 15.1 Å². The molecule has 16 heavy (non-hydrogen) atoms. The van der Waals surface area contributed by atoms with E-state index in [1.54, 1.807) is 17.8 Å². The van der Waals surface area contributed by atoms with Crippen molar-refractivity contribution in [2.24, 2.45) is 0 Å². The van der Waals surface area contributed by atoms with Crippen molar-refractivity contribution in [3.8, 4) is 0 Å². The van der Waals surface area contributed by atoms with Crippen molar-refractivity contribution in [2.75, 3.05) is 5.73 Å². The predicted octanol–water partition coefficient (Wildman–Crippen LogP) is 3.72. The molecule has 0 aliphatic rings. The van der Waals surface area contributed by atoms with Gasteiger partial charge in [0.25, 0.3) is 0 Å². The van der Waals surface area contributed by atoms with E-state index in [0.29, 0.717) is 5.82 Å². The molecule has 2 aromatic rings. The molecule has 0 aliphatic carbocycles. The molecule has 2 nitrogen and oxygen atoms in total. The molecule has 0 saturated carbocycles. The number of halogens is 1. The minimum absolute atomic E-state index is 0.574. The van der Waals surface area contributed by atoms with Crippen molar-refractivity contribution in [1.82, 2.24) is 4.98 Å². The Morgan fingerprint density at radius 3 is 2.69 bits per heavy atom. The molecule has 0 saturated heterocycles. The van der Waals surface area contributed by atoms with Crippen molar-refractivity contribution in [1.29, 1.82) is 0 Å². The van der Waals surface area contributed by atoms with Crippen LogP contribution in [0.5, 0.6) is 0 Å². The maximum absolute atomic E-state index is 5.63. The van der Waals surface area contributed by atoms with Crippen LogP contribution >= 0.6 is 27.7 Å². The molecule has 0 unspecified atom stereocenters. The van der Waals surface area contributed by atoms with E-state index in [9.17, 15) is 0 Å². The third kappa shape index (κ3) is 3.00. The van der Waals surface area contributed by atoms with E-state index in [-0.39, 0.29) is 0 Å². The third-order valence-corrected chi connectivity index (χ3v) is 4.10. The lowest BCUT2D eigenvalue weighted by Crippen LogP contribution is -1.93. The van der Waals surface area contributed by atoms with Gasteiger partial charge in [-0.2, -0.15) is 0 Å². The van der Waals surface area contributed by atoms with Gasteiger partial charge in [-0.3, -0.25) is 0 Å². The Morgan fingerprint density at radius 2 is 1.94 bits per heavy atom. The average molecular weight is 295 g/mol. The van der Waals surface area contributed by atoms with Gasteiger partial charge in [-0.25, -0.2) is 4.98 Å². The van der Waals surface area contributed by atoms with Crippen molar-refractivity contribution in [2.45, 2.75) is 10.6 Å². The van der Waals surface area contributed by atoms with Crippen LogP contribution < -0.4 is 5.73 Å². The van der Waals surface area contributed by atoms with Crippen LogP contribution in [-0.4, -0.2) is 4.98 Å². The first-order chi connectivity index (χ1) is 7.75. The van der Waals surface area contributed by atoms with Gasteiger partial charge in [-0.15, -0.1) is 11.8 Å². The molecule has 0 fully saturated rings. The summed E-state index contributed by atoms with van der Waals surface area (Å²) in [6.07, 6.45) is 0. The Morgan fingerprint density at radius 1 is 1.12 bits per heavy atom. The molecule has 0 atom stereocenters. The van der Waals surface area contributed by atoms with Crippen LogP contribution in [0.2, 0.25) is 0 Å². The largest absolute Gasteiger partial charge is 0.384 e. The number of anilines is 1. The van der Waals surface area contributed by atoms with Gasteiger partial charge in [-0.1, -0.05) is 18.2 Å². The molecule has 1 aromatic heterocycles. The summed E-state index contributed by atoms with van der Waals surface area (Å²) in [6.45, 7) is 0. The van der Waals surface area contributed by atoms with E-state index in [1.165, 1.54) is 4.90 Å². The van der Waals surface area contributed by atoms with E-state index >= 15 is 0 Å². The van der Waals surface area contributed by atoms with E-state index in [4.69, 9.17) is 5.73 Å². The Kier molecular flexibility index (Phi) is 3.85. The highest BCUT2D eigenvalue weighted by molar-refractivity contribution is 9.10. The van der Waals surface area contributed by atoms with E-state index in [1.807, 2.05) is 30.3 Å². The van der Waals surface area contributed by atoms with Crippen LogP contribution in [0, 0.1) is 0 Å². The van der Waals surface area contributed by atoms with Gasteiger partial charge in [0.15, 0.2) is 0 Å². The lowest BCUT2D eigenvalue weighted by Gasteiger charge is -2.04. The zero-order valence-corrected chi connectivity index (χ0v) is 11.0. The van der Waals surface area contributed by atoms with Crippen molar-refractivity contribution in [3.63, 3.8) is 0 Å². The molecular weight excluding hydrogens is 284 g/mol. The minimum Gasteiger partial charge on any atom is -0.384 e. The summed E-state index contributed by atoms with van der Waals surface area (Å²) in [5, 5.41) is 0. The van der Waals surface area contributed by atoms with Crippen molar-refractivity contribution < 1.29 is 0 Å². The van der Waals surface area contributed by atoms with Crippen LogP contribution in [0.3, 0.4) is 0 Å². The highest BCUT2D eigenvalue weighted by atomic mass is 79.9. The molecule has 2 N–H and O–H groups in total. The van der Waals surface area contributed by atoms with Gasteiger partial charge in [0.05, 0.1) is 5.69 Å². The number of rotatable bonds is 3. The number of nitrogen functional groups attached to an aromatic ring is 1. The van der Waals surface area contributed by atoms with Crippen molar-refractivity contribution >= 4 is 33.5 Å². The summed E-state index contributed by atoms with van der Waals surface area (Å²) in [6, 6.07) is 13.9. The predicted molar refractivity (Wildman–Crippen MR) is 72.4 cm³/mol. The smallest absolute Gasteiger partial charge is 0.123 e. The fourth-order valence-corrected chi connectivity index (χ4v) is 2.77. The normalized spacial score (nSPS) is 10.3. The van der Waals surface area contributed by atoms with Gasteiger partial charge >= 0.3 is 0 Å². The van der Waals surface area contributed by atoms with Crippen LogP contribution in [0.15, 0.2) is 51.8 Å². The Balaban J connectivity index is 2.05. The summed E-state index contributed by atoms with van der Waals surface area (Å²) >= 11 is 5.26. The lowest BCUT2D eigenvalue weighted by atomic mass is 10.4. The monoisotopic (exact) mass is 294 g/mol. The standard InChI is InChI=1S/C12H11BrN2S/c13-10-5-1-2-6-11(10)16-8-9-4-3-7-12(14)15-9/h1-7H,8H2,(H2,14,15). The molecule has 1 heterocycles. The van der Waals surface area contributed by atoms with E-state index in [2.05, 4.69) is 27.0 Å². The topological polar surface area (TPSA) is 38.9 Å². The first kappa shape index (κ1) is 11.5. The van der Waals surface area contributed by atoms with Crippen LogP contribution in [0.4, 0.5) is 5.82 Å². The minimum atomic E-state index is 0.574. The second kappa shape index (κ2) is 5.37. The number of nitrogens with two attached hydrogens (primary N) is 1. The molecular formula is C12H11BrN2S. The fourth-order valence-electron chi connectivity index (χ4n) is 1.29. The molecule has 0 radical (unpaired) electrons. The van der Waals surface area contributed by atoms with Gasteiger partial charge in [0.1, 0.15) is 5.82 Å². The molecule has 0 amide bonds. The molecule has 82 valence electrons. The summed E-state index contributed by atoms with van der Waals surface area (Å²) in [7, 11) is 0.